The minimum absolute atomic E-state index is 0.276. The van der Waals surface area contributed by atoms with Crippen LogP contribution in [-0.2, 0) is 4.79 Å². The van der Waals surface area contributed by atoms with Crippen LogP contribution in [0.3, 0.4) is 0 Å². The second-order valence-corrected chi connectivity index (χ2v) is 3.92. The molecule has 8 heteroatoms. The van der Waals surface area contributed by atoms with Crippen LogP contribution in [0.2, 0.25) is 0 Å². The van der Waals surface area contributed by atoms with Gasteiger partial charge in [-0.25, -0.2) is 4.79 Å². The summed E-state index contributed by atoms with van der Waals surface area (Å²) < 4.78 is 36.7. The Kier molecular flexibility index (Phi) is 6.50. The second-order valence-electron chi connectivity index (χ2n) is 3.92. The Morgan fingerprint density at radius 3 is 2.22 bits per heavy atom. The summed E-state index contributed by atoms with van der Waals surface area (Å²) in [5.74, 6) is -1.48. The largest absolute Gasteiger partial charge is 0.480 e. The number of carbonyl (C=O) groups excluding carboxylic acids is 1. The standard InChI is InChI=1S/C10H17F3N2O3/c1-3-4-5-14(2)9(18)15(6-8(16)17)7-10(11,12)13/h3-7H2,1-2H3,(H,16,17). The molecule has 2 amide bonds. The molecular weight excluding hydrogens is 253 g/mol. The zero-order valence-electron chi connectivity index (χ0n) is 10.3. The van der Waals surface area contributed by atoms with Crippen LogP contribution in [0.4, 0.5) is 18.0 Å². The van der Waals surface area contributed by atoms with Gasteiger partial charge in [0.1, 0.15) is 13.1 Å². The van der Waals surface area contributed by atoms with E-state index in [4.69, 9.17) is 5.11 Å². The maximum atomic E-state index is 12.2. The third-order valence-electron chi connectivity index (χ3n) is 2.14. The molecule has 0 saturated heterocycles. The van der Waals surface area contributed by atoms with Crippen LogP contribution in [0.5, 0.6) is 0 Å². The monoisotopic (exact) mass is 270 g/mol. The zero-order valence-corrected chi connectivity index (χ0v) is 10.3. The lowest BCUT2D eigenvalue weighted by Crippen LogP contribution is -2.47. The van der Waals surface area contributed by atoms with Gasteiger partial charge in [-0.2, -0.15) is 13.2 Å². The third-order valence-corrected chi connectivity index (χ3v) is 2.14. The Labute approximate surface area is 103 Å². The first-order valence-corrected chi connectivity index (χ1v) is 5.46. The molecule has 0 aromatic rings. The van der Waals surface area contributed by atoms with E-state index in [-0.39, 0.29) is 4.90 Å². The highest BCUT2D eigenvalue weighted by Crippen LogP contribution is 2.17. The first kappa shape index (κ1) is 16.5. The van der Waals surface area contributed by atoms with Crippen molar-refractivity contribution in [2.45, 2.75) is 25.9 Å². The van der Waals surface area contributed by atoms with Crippen molar-refractivity contribution in [3.05, 3.63) is 0 Å². The second kappa shape index (κ2) is 7.07. The average Bonchev–Trinajstić information content (AvgIpc) is 2.21. The quantitative estimate of drug-likeness (QED) is 0.800. The van der Waals surface area contributed by atoms with Gasteiger partial charge in [0, 0.05) is 13.6 Å². The first-order chi connectivity index (χ1) is 8.17. The molecule has 0 fully saturated rings. The van der Waals surface area contributed by atoms with Crippen LogP contribution in [0.15, 0.2) is 0 Å². The van der Waals surface area contributed by atoms with Crippen LogP contribution >= 0.6 is 0 Å². The molecule has 0 aromatic heterocycles. The molecule has 0 rings (SSSR count). The highest BCUT2D eigenvalue weighted by Gasteiger charge is 2.34. The number of carbonyl (C=O) groups is 2. The summed E-state index contributed by atoms with van der Waals surface area (Å²) in [5.41, 5.74) is 0. The first-order valence-electron chi connectivity index (χ1n) is 5.46. The van der Waals surface area contributed by atoms with E-state index >= 15 is 0 Å². The SMILES string of the molecule is CCCCN(C)C(=O)N(CC(=O)O)CC(F)(F)F. The summed E-state index contributed by atoms with van der Waals surface area (Å²) >= 11 is 0. The summed E-state index contributed by atoms with van der Waals surface area (Å²) in [6.07, 6.45) is -3.18. The van der Waals surface area contributed by atoms with E-state index in [0.717, 1.165) is 11.3 Å². The van der Waals surface area contributed by atoms with Gasteiger partial charge in [0.2, 0.25) is 0 Å². The highest BCUT2D eigenvalue weighted by atomic mass is 19.4. The Hall–Kier alpha value is -1.47. The number of carboxylic acid groups (broad SMARTS) is 1. The van der Waals surface area contributed by atoms with E-state index in [0.29, 0.717) is 13.0 Å². The van der Waals surface area contributed by atoms with Crippen LogP contribution in [0, 0.1) is 0 Å². The van der Waals surface area contributed by atoms with Crippen molar-refractivity contribution in [2.24, 2.45) is 0 Å². The number of hydrogen-bond donors (Lipinski definition) is 1. The fraction of sp³-hybridized carbons (Fsp3) is 0.800. The van der Waals surface area contributed by atoms with Gasteiger partial charge in [-0.3, -0.25) is 4.79 Å². The molecule has 18 heavy (non-hydrogen) atoms. The topological polar surface area (TPSA) is 60.9 Å². The van der Waals surface area contributed by atoms with Crippen molar-refractivity contribution < 1.29 is 27.9 Å². The molecule has 0 radical (unpaired) electrons. The minimum atomic E-state index is -4.61. The fourth-order valence-corrected chi connectivity index (χ4v) is 1.30. The Morgan fingerprint density at radius 2 is 1.83 bits per heavy atom. The van der Waals surface area contributed by atoms with Crippen LogP contribution < -0.4 is 0 Å². The van der Waals surface area contributed by atoms with Crippen molar-refractivity contribution in [3.63, 3.8) is 0 Å². The molecule has 5 nitrogen and oxygen atoms in total. The molecule has 0 aliphatic rings. The molecule has 0 bridgehead atoms. The van der Waals surface area contributed by atoms with Gasteiger partial charge in [-0.05, 0) is 6.42 Å². The van der Waals surface area contributed by atoms with Crippen LogP contribution in [-0.4, -0.2) is 59.8 Å². The predicted molar refractivity (Wildman–Crippen MR) is 58.2 cm³/mol. The number of aliphatic carboxylic acids is 1. The van der Waals surface area contributed by atoms with Crippen molar-refractivity contribution in [1.82, 2.24) is 9.80 Å². The van der Waals surface area contributed by atoms with Gasteiger partial charge in [-0.1, -0.05) is 13.3 Å². The van der Waals surface area contributed by atoms with Crippen molar-refractivity contribution in [2.75, 3.05) is 26.7 Å². The number of alkyl halides is 3. The molecule has 0 atom stereocenters. The minimum Gasteiger partial charge on any atom is -0.480 e. The van der Waals surface area contributed by atoms with Crippen LogP contribution in [0.1, 0.15) is 19.8 Å². The Balaban J connectivity index is 4.63. The number of halogens is 3. The van der Waals surface area contributed by atoms with Crippen molar-refractivity contribution in [3.8, 4) is 0 Å². The summed E-state index contributed by atoms with van der Waals surface area (Å²) in [7, 11) is 1.35. The molecule has 0 saturated carbocycles. The van der Waals surface area contributed by atoms with Crippen molar-refractivity contribution in [1.29, 1.82) is 0 Å². The molecule has 0 heterocycles. The molecular formula is C10H17F3N2O3. The van der Waals surface area contributed by atoms with Gasteiger partial charge >= 0.3 is 18.2 Å². The fourth-order valence-electron chi connectivity index (χ4n) is 1.30. The highest BCUT2D eigenvalue weighted by molar-refractivity contribution is 5.80. The number of urea groups is 1. The number of hydrogen-bond acceptors (Lipinski definition) is 2. The Morgan fingerprint density at radius 1 is 1.28 bits per heavy atom. The number of nitrogens with zero attached hydrogens (tertiary/aromatic N) is 2. The lowest BCUT2D eigenvalue weighted by molar-refractivity contribution is -0.149. The van der Waals surface area contributed by atoms with Crippen molar-refractivity contribution >= 4 is 12.0 Å². The van der Waals surface area contributed by atoms with E-state index in [1.54, 1.807) is 0 Å². The smallest absolute Gasteiger partial charge is 0.406 e. The maximum absolute atomic E-state index is 12.2. The summed E-state index contributed by atoms with van der Waals surface area (Å²) in [6, 6.07) is -0.928. The summed E-state index contributed by atoms with van der Waals surface area (Å²) in [4.78, 5) is 23.5. The molecule has 0 aliphatic carbocycles. The number of amides is 2. The lowest BCUT2D eigenvalue weighted by Gasteiger charge is -2.27. The van der Waals surface area contributed by atoms with E-state index in [9.17, 15) is 22.8 Å². The van der Waals surface area contributed by atoms with Gasteiger partial charge in [-0.15, -0.1) is 0 Å². The maximum Gasteiger partial charge on any atom is 0.406 e. The zero-order chi connectivity index (χ0) is 14.3. The number of unbranched alkanes of at least 4 members (excludes halogenated alkanes) is 1. The molecule has 0 spiro atoms. The predicted octanol–water partition coefficient (Wildman–Crippen LogP) is 1.79. The Bertz CT molecular complexity index is 295. The van der Waals surface area contributed by atoms with Gasteiger partial charge < -0.3 is 14.9 Å². The van der Waals surface area contributed by atoms with Gasteiger partial charge in [0.15, 0.2) is 0 Å². The normalized spacial score (nSPS) is 11.2. The molecule has 0 aromatic carbocycles. The third kappa shape index (κ3) is 6.97. The van der Waals surface area contributed by atoms with E-state index < -0.39 is 31.3 Å². The van der Waals surface area contributed by atoms with Crippen LogP contribution in [0.25, 0.3) is 0 Å². The lowest BCUT2D eigenvalue weighted by atomic mass is 10.3. The van der Waals surface area contributed by atoms with Gasteiger partial charge in [0.25, 0.3) is 0 Å². The van der Waals surface area contributed by atoms with E-state index in [2.05, 4.69) is 0 Å². The molecule has 0 aliphatic heterocycles. The number of rotatable bonds is 6. The number of carboxylic acids is 1. The van der Waals surface area contributed by atoms with Gasteiger partial charge in [0.05, 0.1) is 0 Å². The molecule has 106 valence electrons. The van der Waals surface area contributed by atoms with E-state index in [1.807, 2.05) is 6.92 Å². The summed E-state index contributed by atoms with van der Waals surface area (Å²) in [6.45, 7) is -0.351. The van der Waals surface area contributed by atoms with E-state index in [1.165, 1.54) is 7.05 Å². The molecule has 0 unspecified atom stereocenters. The molecule has 1 N–H and O–H groups in total. The summed E-state index contributed by atoms with van der Waals surface area (Å²) in [5, 5.41) is 8.51. The average molecular weight is 270 g/mol.